The normalized spacial score (nSPS) is 15.0. The maximum atomic E-state index is 12.6. The van der Waals surface area contributed by atoms with Crippen molar-refractivity contribution in [3.8, 4) is 0 Å². The van der Waals surface area contributed by atoms with Crippen LogP contribution < -0.4 is 5.32 Å². The van der Waals surface area contributed by atoms with Crippen molar-refractivity contribution in [3.63, 3.8) is 0 Å². The molecule has 0 saturated carbocycles. The van der Waals surface area contributed by atoms with E-state index in [1.807, 2.05) is 36.1 Å². The minimum absolute atomic E-state index is 0.0839. The van der Waals surface area contributed by atoms with Crippen molar-refractivity contribution in [2.45, 2.75) is 18.2 Å². The summed E-state index contributed by atoms with van der Waals surface area (Å²) >= 11 is 0. The molecule has 1 N–H and O–H groups in total. The number of nitrogens with zero attached hydrogens (tertiary/aromatic N) is 3. The van der Waals surface area contributed by atoms with Gasteiger partial charge in [-0.3, -0.25) is 14.5 Å². The Bertz CT molecular complexity index is 1030. The zero-order valence-electron chi connectivity index (χ0n) is 18.5. The SMILES string of the molecule is CCc1ccccc1NC(=O)CN1CCN(C(=O)CN(C)S(=O)(=O)c2ccccc2)CC1. The molecule has 1 heterocycles. The molecular formula is C23H30N4O4S. The van der Waals surface area contributed by atoms with E-state index in [0.29, 0.717) is 26.2 Å². The summed E-state index contributed by atoms with van der Waals surface area (Å²) in [5.41, 5.74) is 1.92. The Morgan fingerprint density at radius 2 is 1.59 bits per heavy atom. The first-order valence-corrected chi connectivity index (χ1v) is 12.1. The summed E-state index contributed by atoms with van der Waals surface area (Å²) in [4.78, 5) is 28.9. The molecule has 0 radical (unpaired) electrons. The van der Waals surface area contributed by atoms with Crippen molar-refractivity contribution in [1.82, 2.24) is 14.1 Å². The number of hydrogen-bond donors (Lipinski definition) is 1. The summed E-state index contributed by atoms with van der Waals surface area (Å²) in [7, 11) is -2.30. The van der Waals surface area contributed by atoms with Gasteiger partial charge in [-0.25, -0.2) is 8.42 Å². The van der Waals surface area contributed by atoms with Gasteiger partial charge >= 0.3 is 0 Å². The number of amides is 2. The Labute approximate surface area is 189 Å². The minimum Gasteiger partial charge on any atom is -0.339 e. The lowest BCUT2D eigenvalue weighted by Crippen LogP contribution is -2.52. The van der Waals surface area contributed by atoms with Crippen molar-refractivity contribution in [3.05, 3.63) is 60.2 Å². The predicted octanol–water partition coefficient (Wildman–Crippen LogP) is 1.65. The van der Waals surface area contributed by atoms with E-state index in [1.54, 1.807) is 23.1 Å². The molecule has 0 unspecified atom stereocenters. The lowest BCUT2D eigenvalue weighted by molar-refractivity contribution is -0.133. The highest BCUT2D eigenvalue weighted by Gasteiger charge is 2.27. The summed E-state index contributed by atoms with van der Waals surface area (Å²) in [6.07, 6.45) is 0.839. The first kappa shape index (κ1) is 23.9. The van der Waals surface area contributed by atoms with Gasteiger partial charge in [0.15, 0.2) is 0 Å². The maximum Gasteiger partial charge on any atom is 0.243 e. The van der Waals surface area contributed by atoms with Crippen LogP contribution in [0.3, 0.4) is 0 Å². The third-order valence-electron chi connectivity index (χ3n) is 5.57. The Morgan fingerprint density at radius 1 is 0.969 bits per heavy atom. The largest absolute Gasteiger partial charge is 0.339 e. The average Bonchev–Trinajstić information content (AvgIpc) is 2.80. The zero-order chi connectivity index (χ0) is 23.1. The van der Waals surface area contributed by atoms with E-state index in [1.165, 1.54) is 19.2 Å². The van der Waals surface area contributed by atoms with Crippen molar-refractivity contribution in [2.75, 3.05) is 51.6 Å². The second kappa shape index (κ2) is 10.7. The predicted molar refractivity (Wildman–Crippen MR) is 124 cm³/mol. The van der Waals surface area contributed by atoms with Gasteiger partial charge in [-0.2, -0.15) is 4.31 Å². The highest BCUT2D eigenvalue weighted by atomic mass is 32.2. The molecule has 2 aromatic rings. The third-order valence-corrected chi connectivity index (χ3v) is 7.39. The number of para-hydroxylation sites is 1. The van der Waals surface area contributed by atoms with Gasteiger partial charge in [0.2, 0.25) is 21.8 Å². The van der Waals surface area contributed by atoms with Crippen LogP contribution >= 0.6 is 0 Å². The van der Waals surface area contributed by atoms with Crippen molar-refractivity contribution in [2.24, 2.45) is 0 Å². The second-order valence-electron chi connectivity index (χ2n) is 7.79. The number of carbonyl (C=O) groups is 2. The van der Waals surface area contributed by atoms with Crippen LogP contribution in [-0.4, -0.2) is 80.7 Å². The number of aryl methyl sites for hydroxylation is 1. The van der Waals surface area contributed by atoms with E-state index in [-0.39, 0.29) is 29.8 Å². The van der Waals surface area contributed by atoms with Gasteiger partial charge in [0.1, 0.15) is 0 Å². The molecule has 2 amide bonds. The standard InChI is InChI=1S/C23H30N4O4S/c1-3-19-9-7-8-12-21(19)24-22(28)17-26-13-15-27(16-14-26)23(29)18-25(2)32(30,31)20-10-5-4-6-11-20/h4-12H,3,13-18H2,1-2H3,(H,24,28). The summed E-state index contributed by atoms with van der Waals surface area (Å²) in [5.74, 6) is -0.327. The fourth-order valence-electron chi connectivity index (χ4n) is 3.65. The van der Waals surface area contributed by atoms with Gasteiger partial charge in [-0.15, -0.1) is 0 Å². The number of piperazine rings is 1. The van der Waals surface area contributed by atoms with Gasteiger partial charge in [0, 0.05) is 38.9 Å². The van der Waals surface area contributed by atoms with Crippen LogP contribution in [-0.2, 0) is 26.0 Å². The van der Waals surface area contributed by atoms with Gasteiger partial charge in [0.05, 0.1) is 18.0 Å². The molecule has 1 fully saturated rings. The summed E-state index contributed by atoms with van der Waals surface area (Å²) in [6, 6.07) is 15.8. The Morgan fingerprint density at radius 3 is 2.25 bits per heavy atom. The van der Waals surface area contributed by atoms with Crippen LogP contribution in [0.25, 0.3) is 0 Å². The summed E-state index contributed by atoms with van der Waals surface area (Å²) in [6.45, 7) is 4.11. The van der Waals surface area contributed by atoms with Crippen LogP contribution in [0.15, 0.2) is 59.5 Å². The Kier molecular flexibility index (Phi) is 8.00. The second-order valence-corrected chi connectivity index (χ2v) is 9.83. The lowest BCUT2D eigenvalue weighted by atomic mass is 10.1. The van der Waals surface area contributed by atoms with E-state index in [4.69, 9.17) is 0 Å². The number of benzene rings is 2. The Hall–Kier alpha value is -2.75. The number of likely N-dealkylation sites (N-methyl/N-ethyl adjacent to an activating group) is 1. The van der Waals surface area contributed by atoms with Crippen molar-refractivity contribution in [1.29, 1.82) is 0 Å². The summed E-state index contributed by atoms with van der Waals surface area (Å²) < 4.78 is 26.3. The molecule has 8 nitrogen and oxygen atoms in total. The number of sulfonamides is 1. The van der Waals surface area contributed by atoms with Crippen LogP contribution in [0, 0.1) is 0 Å². The molecule has 1 aliphatic rings. The average molecular weight is 459 g/mol. The van der Waals surface area contributed by atoms with E-state index in [2.05, 4.69) is 5.32 Å². The number of anilines is 1. The maximum absolute atomic E-state index is 12.6. The van der Waals surface area contributed by atoms with Gasteiger partial charge in [-0.05, 0) is 30.2 Å². The molecule has 172 valence electrons. The van der Waals surface area contributed by atoms with Crippen LogP contribution in [0.1, 0.15) is 12.5 Å². The number of rotatable bonds is 8. The van der Waals surface area contributed by atoms with Gasteiger partial charge in [0.25, 0.3) is 0 Å². The van der Waals surface area contributed by atoms with E-state index >= 15 is 0 Å². The molecule has 0 aromatic heterocycles. The van der Waals surface area contributed by atoms with Crippen LogP contribution in [0.5, 0.6) is 0 Å². The minimum atomic E-state index is -3.71. The van der Waals surface area contributed by atoms with E-state index < -0.39 is 10.0 Å². The first-order valence-electron chi connectivity index (χ1n) is 10.7. The molecule has 0 bridgehead atoms. The molecule has 0 atom stereocenters. The molecule has 32 heavy (non-hydrogen) atoms. The van der Waals surface area contributed by atoms with Crippen LogP contribution in [0.4, 0.5) is 5.69 Å². The van der Waals surface area contributed by atoms with Gasteiger partial charge in [-0.1, -0.05) is 43.3 Å². The number of hydrogen-bond acceptors (Lipinski definition) is 5. The topological polar surface area (TPSA) is 90.0 Å². The first-order chi connectivity index (χ1) is 15.3. The Balaban J connectivity index is 1.48. The molecular weight excluding hydrogens is 428 g/mol. The molecule has 1 saturated heterocycles. The zero-order valence-corrected chi connectivity index (χ0v) is 19.3. The highest BCUT2D eigenvalue weighted by molar-refractivity contribution is 7.89. The molecule has 1 aliphatic heterocycles. The van der Waals surface area contributed by atoms with E-state index in [0.717, 1.165) is 22.0 Å². The monoisotopic (exact) mass is 458 g/mol. The van der Waals surface area contributed by atoms with Crippen LogP contribution in [0.2, 0.25) is 0 Å². The van der Waals surface area contributed by atoms with Crippen molar-refractivity contribution >= 4 is 27.5 Å². The number of nitrogens with one attached hydrogen (secondary N) is 1. The molecule has 0 aliphatic carbocycles. The lowest BCUT2D eigenvalue weighted by Gasteiger charge is -2.35. The quantitative estimate of drug-likeness (QED) is 0.650. The molecule has 9 heteroatoms. The molecule has 3 rings (SSSR count). The van der Waals surface area contributed by atoms with Gasteiger partial charge < -0.3 is 10.2 Å². The summed E-state index contributed by atoms with van der Waals surface area (Å²) in [5, 5.41) is 2.97. The fraction of sp³-hybridized carbons (Fsp3) is 0.391. The molecule has 2 aromatic carbocycles. The fourth-order valence-corrected chi connectivity index (χ4v) is 4.79. The highest BCUT2D eigenvalue weighted by Crippen LogP contribution is 2.16. The number of carbonyl (C=O) groups excluding carboxylic acids is 2. The smallest absolute Gasteiger partial charge is 0.243 e. The molecule has 0 spiro atoms. The van der Waals surface area contributed by atoms with Crippen molar-refractivity contribution < 1.29 is 18.0 Å². The van der Waals surface area contributed by atoms with E-state index in [9.17, 15) is 18.0 Å². The third kappa shape index (κ3) is 5.93.